The fourth-order valence-corrected chi connectivity index (χ4v) is 9.14. The van der Waals surface area contributed by atoms with Crippen molar-refractivity contribution in [2.75, 3.05) is 19.8 Å². The summed E-state index contributed by atoms with van der Waals surface area (Å²) in [4.78, 5) is 10.8. The molecule has 7 atom stereocenters. The van der Waals surface area contributed by atoms with Crippen molar-refractivity contribution in [2.45, 2.75) is 108 Å². The largest absolute Gasteiger partial charge is 0.378 e. The highest BCUT2D eigenvalue weighted by Gasteiger charge is 2.55. The average molecular weight is 502 g/mol. The van der Waals surface area contributed by atoms with Gasteiger partial charge in [-0.15, -0.1) is 0 Å². The Kier molecular flexibility index (Phi) is 8.91. The van der Waals surface area contributed by atoms with Crippen LogP contribution in [0.4, 0.5) is 0 Å². The lowest BCUT2D eigenvalue weighted by molar-refractivity contribution is -0.526. The Morgan fingerprint density at radius 3 is 2.00 bits per heavy atom. The molecule has 0 heterocycles. The van der Waals surface area contributed by atoms with E-state index in [1.54, 1.807) is 0 Å². The van der Waals surface area contributed by atoms with E-state index in [0.717, 1.165) is 25.7 Å². The first-order chi connectivity index (χ1) is 16.4. The van der Waals surface area contributed by atoms with Crippen molar-refractivity contribution in [1.82, 2.24) is 0 Å². The van der Waals surface area contributed by atoms with E-state index < -0.39 is 21.4 Å². The minimum atomic E-state index is -3.74. The van der Waals surface area contributed by atoms with Gasteiger partial charge in [-0.3, -0.25) is 14.3 Å². The minimum Gasteiger partial charge on any atom is -0.378 e. The molecule has 4 saturated carbocycles. The molecular formula is C25H43NO7S. The highest BCUT2D eigenvalue weighted by molar-refractivity contribution is 7.87. The molecule has 0 spiro atoms. The molecule has 0 aromatic heterocycles. The molecule has 0 amide bonds. The SMILES string of the molecule is CCOC1C2CCCCC2C(OCC)C2C(COS(=O)(=O)C3CCC([N+](=O)[O-])CC3)CCCC12. The molecule has 8 nitrogen and oxygen atoms in total. The molecule has 4 aliphatic rings. The normalized spacial score (nSPS) is 40.8. The van der Waals surface area contributed by atoms with E-state index in [0.29, 0.717) is 56.7 Å². The van der Waals surface area contributed by atoms with E-state index >= 15 is 0 Å². The van der Waals surface area contributed by atoms with E-state index in [4.69, 9.17) is 13.7 Å². The van der Waals surface area contributed by atoms with E-state index in [1.165, 1.54) is 19.3 Å². The van der Waals surface area contributed by atoms with Crippen LogP contribution in [0.15, 0.2) is 0 Å². The predicted octanol–water partition coefficient (Wildman–Crippen LogP) is 4.58. The molecule has 0 aromatic rings. The van der Waals surface area contributed by atoms with E-state index in [2.05, 4.69) is 13.8 Å². The predicted molar refractivity (Wildman–Crippen MR) is 129 cm³/mol. The zero-order chi connectivity index (χ0) is 24.3. The topological polar surface area (TPSA) is 105 Å². The molecule has 4 aliphatic carbocycles. The van der Waals surface area contributed by atoms with Crippen LogP contribution in [0.5, 0.6) is 0 Å². The van der Waals surface area contributed by atoms with Crippen molar-refractivity contribution in [3.05, 3.63) is 10.1 Å². The van der Waals surface area contributed by atoms with E-state index in [-0.39, 0.29) is 35.6 Å². The molecular weight excluding hydrogens is 458 g/mol. The quantitative estimate of drug-likeness (QED) is 0.259. The van der Waals surface area contributed by atoms with Gasteiger partial charge >= 0.3 is 0 Å². The maximum absolute atomic E-state index is 13.0. The summed E-state index contributed by atoms with van der Waals surface area (Å²) in [6.45, 7) is 5.70. The number of rotatable bonds is 9. The van der Waals surface area contributed by atoms with Crippen molar-refractivity contribution in [1.29, 1.82) is 0 Å². The van der Waals surface area contributed by atoms with Crippen molar-refractivity contribution in [3.63, 3.8) is 0 Å². The maximum atomic E-state index is 13.0. The Bertz CT molecular complexity index is 782. The van der Waals surface area contributed by atoms with Gasteiger partial charge in [-0.25, -0.2) is 0 Å². The molecule has 0 bridgehead atoms. The lowest BCUT2D eigenvalue weighted by Gasteiger charge is -2.56. The molecule has 0 radical (unpaired) electrons. The molecule has 34 heavy (non-hydrogen) atoms. The van der Waals surface area contributed by atoms with Gasteiger partial charge < -0.3 is 9.47 Å². The molecule has 196 valence electrons. The first-order valence-corrected chi connectivity index (χ1v) is 15.1. The molecule has 7 unspecified atom stereocenters. The summed E-state index contributed by atoms with van der Waals surface area (Å²) in [5, 5.41) is 10.4. The number of hydrogen-bond donors (Lipinski definition) is 0. The fraction of sp³-hybridized carbons (Fsp3) is 1.00. The van der Waals surface area contributed by atoms with Crippen LogP contribution in [0.3, 0.4) is 0 Å². The molecule has 0 aromatic carbocycles. The number of nitro groups is 1. The summed E-state index contributed by atoms with van der Waals surface area (Å²) in [7, 11) is -3.74. The van der Waals surface area contributed by atoms with Gasteiger partial charge in [-0.1, -0.05) is 19.3 Å². The molecule has 4 fully saturated rings. The van der Waals surface area contributed by atoms with Crippen LogP contribution in [0.2, 0.25) is 0 Å². The number of fused-ring (bicyclic) bond motifs is 2. The van der Waals surface area contributed by atoms with E-state index in [1.807, 2.05) is 0 Å². The first kappa shape index (κ1) is 26.3. The van der Waals surface area contributed by atoms with Crippen LogP contribution in [0, 0.1) is 39.7 Å². The third-order valence-corrected chi connectivity index (χ3v) is 10.9. The summed E-state index contributed by atoms with van der Waals surface area (Å²) >= 11 is 0. The van der Waals surface area contributed by atoms with Crippen molar-refractivity contribution < 1.29 is 27.0 Å². The monoisotopic (exact) mass is 501 g/mol. The zero-order valence-electron chi connectivity index (χ0n) is 20.8. The van der Waals surface area contributed by atoms with Crippen LogP contribution in [-0.4, -0.2) is 56.7 Å². The second kappa shape index (κ2) is 11.5. The van der Waals surface area contributed by atoms with Gasteiger partial charge in [-0.2, -0.15) is 8.42 Å². The summed E-state index contributed by atoms with van der Waals surface area (Å²) in [6, 6.07) is -0.626. The molecule has 9 heteroatoms. The van der Waals surface area contributed by atoms with Crippen molar-refractivity contribution in [3.8, 4) is 0 Å². The molecule has 0 N–H and O–H groups in total. The first-order valence-electron chi connectivity index (χ1n) is 13.6. The van der Waals surface area contributed by atoms with Crippen LogP contribution < -0.4 is 0 Å². The highest BCUT2D eigenvalue weighted by Crippen LogP contribution is 2.54. The second-order valence-corrected chi connectivity index (χ2v) is 12.8. The number of nitrogens with zero attached hydrogens (tertiary/aromatic N) is 1. The minimum absolute atomic E-state index is 0.131. The van der Waals surface area contributed by atoms with Gasteiger partial charge in [0.05, 0.1) is 24.1 Å². The Hall–Kier alpha value is -0.770. The second-order valence-electron chi connectivity index (χ2n) is 10.9. The van der Waals surface area contributed by atoms with Crippen molar-refractivity contribution in [2.24, 2.45) is 29.6 Å². The van der Waals surface area contributed by atoms with Gasteiger partial charge in [0, 0.05) is 31.0 Å². The van der Waals surface area contributed by atoms with Gasteiger partial charge in [0.2, 0.25) is 6.04 Å². The number of ether oxygens (including phenoxy) is 2. The van der Waals surface area contributed by atoms with Crippen LogP contribution in [0.25, 0.3) is 0 Å². The lowest BCUT2D eigenvalue weighted by Crippen LogP contribution is -2.58. The highest BCUT2D eigenvalue weighted by atomic mass is 32.2. The van der Waals surface area contributed by atoms with Gasteiger partial charge in [0.1, 0.15) is 0 Å². The molecule has 0 saturated heterocycles. The van der Waals surface area contributed by atoms with E-state index in [9.17, 15) is 18.5 Å². The van der Waals surface area contributed by atoms with Crippen LogP contribution >= 0.6 is 0 Å². The number of hydrogen-bond acceptors (Lipinski definition) is 7. The zero-order valence-corrected chi connectivity index (χ0v) is 21.6. The Balaban J connectivity index is 1.48. The average Bonchev–Trinajstić information content (AvgIpc) is 2.84. The molecule has 0 aliphatic heterocycles. The Morgan fingerprint density at radius 1 is 0.794 bits per heavy atom. The van der Waals surface area contributed by atoms with Gasteiger partial charge in [0.25, 0.3) is 10.1 Å². The summed E-state index contributed by atoms with van der Waals surface area (Å²) in [6.07, 6.45) is 9.55. The van der Waals surface area contributed by atoms with Gasteiger partial charge in [0.15, 0.2) is 0 Å². The third kappa shape index (κ3) is 5.47. The fourth-order valence-electron chi connectivity index (χ4n) is 7.74. The standard InChI is InChI=1S/C25H43NO7S/c1-3-31-24-20-9-5-6-10-21(20)25(32-4-2)23-17(8-7-11-22(23)24)16-33-34(29,30)19-14-12-18(13-15-19)26(27)28/h17-25H,3-16H2,1-2H3. The lowest BCUT2D eigenvalue weighted by atomic mass is 9.54. The Morgan fingerprint density at radius 2 is 1.38 bits per heavy atom. The summed E-state index contributed by atoms with van der Waals surface area (Å²) in [5.41, 5.74) is 0. The Labute approximate surface area is 204 Å². The smallest absolute Gasteiger partial charge is 0.270 e. The van der Waals surface area contributed by atoms with Crippen LogP contribution in [-0.2, 0) is 23.8 Å². The van der Waals surface area contributed by atoms with Crippen LogP contribution in [0.1, 0.15) is 84.5 Å². The summed E-state index contributed by atoms with van der Waals surface area (Å²) in [5.74, 6) is 1.78. The maximum Gasteiger partial charge on any atom is 0.270 e. The third-order valence-electron chi connectivity index (χ3n) is 9.19. The molecule has 4 rings (SSSR count). The summed E-state index contributed by atoms with van der Waals surface area (Å²) < 4.78 is 44.6. The van der Waals surface area contributed by atoms with Gasteiger partial charge in [-0.05, 0) is 82.0 Å². The van der Waals surface area contributed by atoms with Crippen molar-refractivity contribution >= 4 is 10.1 Å².